The van der Waals surface area contributed by atoms with Crippen molar-refractivity contribution in [2.24, 2.45) is 5.92 Å². The first kappa shape index (κ1) is 18.4. The Morgan fingerprint density at radius 1 is 1.33 bits per heavy atom. The molecule has 0 fully saturated rings. The highest BCUT2D eigenvalue weighted by Crippen LogP contribution is 2.29. The largest absolute Gasteiger partial charge is 0.334 e. The lowest BCUT2D eigenvalue weighted by Crippen LogP contribution is -2.24. The maximum absolute atomic E-state index is 11.9. The standard InChI is InChI=1S/C17H23ClN4O2/c1-10(2)7-16(23)20-12-5-6-14(18)13(9-12)17-21-15(22-24-17)8-11(3)19-4/h5-6,9-11,19H,7-8H2,1-4H3,(H,20,23). The number of carbonyl (C=O) groups is 1. The zero-order valence-corrected chi connectivity index (χ0v) is 15.1. The summed E-state index contributed by atoms with van der Waals surface area (Å²) >= 11 is 6.24. The van der Waals surface area contributed by atoms with Gasteiger partial charge in [0.1, 0.15) is 0 Å². The van der Waals surface area contributed by atoms with Crippen molar-refractivity contribution in [2.45, 2.75) is 39.7 Å². The van der Waals surface area contributed by atoms with Gasteiger partial charge >= 0.3 is 0 Å². The van der Waals surface area contributed by atoms with Gasteiger partial charge in [-0.05, 0) is 38.1 Å². The number of halogens is 1. The average molecular weight is 351 g/mol. The summed E-state index contributed by atoms with van der Waals surface area (Å²) in [4.78, 5) is 16.3. The van der Waals surface area contributed by atoms with Gasteiger partial charge in [0.2, 0.25) is 5.91 Å². The Morgan fingerprint density at radius 2 is 2.08 bits per heavy atom. The van der Waals surface area contributed by atoms with Gasteiger partial charge in [0.25, 0.3) is 5.89 Å². The van der Waals surface area contributed by atoms with Gasteiger partial charge in [0.15, 0.2) is 5.82 Å². The molecular weight excluding hydrogens is 328 g/mol. The smallest absolute Gasteiger partial charge is 0.259 e. The quantitative estimate of drug-likeness (QED) is 0.798. The predicted octanol–water partition coefficient (Wildman–Crippen LogP) is 3.53. The fraction of sp³-hybridized carbons (Fsp3) is 0.471. The molecule has 24 heavy (non-hydrogen) atoms. The van der Waals surface area contributed by atoms with Crippen LogP contribution < -0.4 is 10.6 Å². The highest BCUT2D eigenvalue weighted by Gasteiger charge is 2.15. The minimum atomic E-state index is -0.0349. The van der Waals surface area contributed by atoms with E-state index in [9.17, 15) is 4.79 Å². The maximum atomic E-state index is 11.9. The van der Waals surface area contributed by atoms with Crippen molar-refractivity contribution in [1.29, 1.82) is 0 Å². The fourth-order valence-electron chi connectivity index (χ4n) is 2.17. The van der Waals surface area contributed by atoms with Crippen LogP contribution in [-0.4, -0.2) is 29.1 Å². The van der Waals surface area contributed by atoms with Gasteiger partial charge in [-0.25, -0.2) is 0 Å². The Kier molecular flexibility index (Phi) is 6.34. The summed E-state index contributed by atoms with van der Waals surface area (Å²) in [6.07, 6.45) is 1.12. The van der Waals surface area contributed by atoms with E-state index in [-0.39, 0.29) is 11.9 Å². The van der Waals surface area contributed by atoms with E-state index in [4.69, 9.17) is 16.1 Å². The average Bonchev–Trinajstić information content (AvgIpc) is 2.96. The summed E-state index contributed by atoms with van der Waals surface area (Å²) < 4.78 is 5.32. The Balaban J connectivity index is 2.18. The molecule has 2 aromatic rings. The van der Waals surface area contributed by atoms with Crippen LogP contribution in [0.1, 0.15) is 33.0 Å². The number of likely N-dealkylation sites (N-methyl/N-ethyl adjacent to an activating group) is 1. The molecule has 2 rings (SSSR count). The van der Waals surface area contributed by atoms with E-state index >= 15 is 0 Å². The lowest BCUT2D eigenvalue weighted by atomic mass is 10.1. The lowest BCUT2D eigenvalue weighted by molar-refractivity contribution is -0.116. The molecule has 1 aromatic heterocycles. The molecule has 2 N–H and O–H groups in total. The molecule has 0 saturated heterocycles. The fourth-order valence-corrected chi connectivity index (χ4v) is 2.37. The van der Waals surface area contributed by atoms with Crippen LogP contribution in [0, 0.1) is 5.92 Å². The minimum Gasteiger partial charge on any atom is -0.334 e. The van der Waals surface area contributed by atoms with Gasteiger partial charge in [0.05, 0.1) is 10.6 Å². The van der Waals surface area contributed by atoms with Crippen molar-refractivity contribution in [3.8, 4) is 11.5 Å². The van der Waals surface area contributed by atoms with Crippen molar-refractivity contribution < 1.29 is 9.32 Å². The van der Waals surface area contributed by atoms with E-state index in [2.05, 4.69) is 20.8 Å². The molecule has 0 aliphatic heterocycles. The summed E-state index contributed by atoms with van der Waals surface area (Å²) in [5.41, 5.74) is 1.26. The first-order valence-electron chi connectivity index (χ1n) is 7.98. The van der Waals surface area contributed by atoms with Crippen LogP contribution >= 0.6 is 11.6 Å². The molecule has 6 nitrogen and oxygen atoms in total. The number of benzene rings is 1. The Labute approximate surface area is 147 Å². The third kappa shape index (κ3) is 5.04. The van der Waals surface area contributed by atoms with E-state index in [1.165, 1.54) is 0 Å². The predicted molar refractivity (Wildman–Crippen MR) is 95.1 cm³/mol. The highest BCUT2D eigenvalue weighted by molar-refractivity contribution is 6.33. The van der Waals surface area contributed by atoms with Gasteiger partial charge < -0.3 is 15.2 Å². The van der Waals surface area contributed by atoms with Crippen molar-refractivity contribution in [3.05, 3.63) is 29.0 Å². The molecule has 1 unspecified atom stereocenters. The summed E-state index contributed by atoms with van der Waals surface area (Å²) in [6, 6.07) is 5.46. The third-order valence-electron chi connectivity index (χ3n) is 3.52. The van der Waals surface area contributed by atoms with Crippen LogP contribution in [0.15, 0.2) is 22.7 Å². The van der Waals surface area contributed by atoms with Crippen molar-refractivity contribution >= 4 is 23.2 Å². The first-order valence-corrected chi connectivity index (χ1v) is 8.36. The Morgan fingerprint density at radius 3 is 2.75 bits per heavy atom. The Hall–Kier alpha value is -1.92. The number of hydrogen-bond donors (Lipinski definition) is 2. The minimum absolute atomic E-state index is 0.0349. The van der Waals surface area contributed by atoms with Gasteiger partial charge in [-0.15, -0.1) is 0 Å². The van der Waals surface area contributed by atoms with Gasteiger partial charge in [-0.2, -0.15) is 4.98 Å². The van der Waals surface area contributed by atoms with E-state index in [0.29, 0.717) is 46.7 Å². The van der Waals surface area contributed by atoms with Crippen LogP contribution in [0.4, 0.5) is 5.69 Å². The number of nitrogens with zero attached hydrogens (tertiary/aromatic N) is 2. The highest BCUT2D eigenvalue weighted by atomic mass is 35.5. The maximum Gasteiger partial charge on any atom is 0.259 e. The molecule has 0 bridgehead atoms. The number of hydrogen-bond acceptors (Lipinski definition) is 5. The second kappa shape index (κ2) is 8.26. The summed E-state index contributed by atoms with van der Waals surface area (Å²) in [7, 11) is 1.88. The monoisotopic (exact) mass is 350 g/mol. The Bertz CT molecular complexity index is 700. The van der Waals surface area contributed by atoms with Crippen LogP contribution in [0.25, 0.3) is 11.5 Å². The molecule has 7 heteroatoms. The van der Waals surface area contributed by atoms with E-state index in [0.717, 1.165) is 0 Å². The zero-order chi connectivity index (χ0) is 17.7. The molecule has 1 amide bonds. The van der Waals surface area contributed by atoms with Crippen LogP contribution in [0.3, 0.4) is 0 Å². The normalized spacial score (nSPS) is 12.4. The molecule has 0 spiro atoms. The van der Waals surface area contributed by atoms with Crippen molar-refractivity contribution in [3.63, 3.8) is 0 Å². The second-order valence-corrected chi connectivity index (χ2v) is 6.66. The molecule has 0 radical (unpaired) electrons. The molecule has 1 aromatic carbocycles. The van der Waals surface area contributed by atoms with Crippen molar-refractivity contribution in [1.82, 2.24) is 15.5 Å². The van der Waals surface area contributed by atoms with Crippen LogP contribution in [0.2, 0.25) is 5.02 Å². The molecule has 1 heterocycles. The second-order valence-electron chi connectivity index (χ2n) is 6.25. The first-order chi connectivity index (χ1) is 11.4. The van der Waals surface area contributed by atoms with E-state index in [1.54, 1.807) is 18.2 Å². The van der Waals surface area contributed by atoms with Crippen LogP contribution in [0.5, 0.6) is 0 Å². The molecule has 0 aliphatic rings. The summed E-state index contributed by atoms with van der Waals surface area (Å²) in [5, 5.41) is 10.5. The van der Waals surface area contributed by atoms with Crippen molar-refractivity contribution in [2.75, 3.05) is 12.4 Å². The third-order valence-corrected chi connectivity index (χ3v) is 3.85. The molecule has 0 saturated carbocycles. The molecule has 0 aliphatic carbocycles. The van der Waals surface area contributed by atoms with Gasteiger partial charge in [-0.3, -0.25) is 4.79 Å². The SMILES string of the molecule is CNC(C)Cc1noc(-c2cc(NC(=O)CC(C)C)ccc2Cl)n1. The van der Waals surface area contributed by atoms with Gasteiger partial charge in [0, 0.05) is 24.6 Å². The molecular formula is C17H23ClN4O2. The lowest BCUT2D eigenvalue weighted by Gasteiger charge is -2.08. The summed E-state index contributed by atoms with van der Waals surface area (Å²) in [6.45, 7) is 6.03. The zero-order valence-electron chi connectivity index (χ0n) is 14.4. The van der Waals surface area contributed by atoms with E-state index < -0.39 is 0 Å². The molecule has 130 valence electrons. The number of nitrogens with one attached hydrogen (secondary N) is 2. The number of amides is 1. The number of aromatic nitrogens is 2. The number of anilines is 1. The summed E-state index contributed by atoms with van der Waals surface area (Å²) in [5.74, 6) is 1.21. The van der Waals surface area contributed by atoms with Gasteiger partial charge in [-0.1, -0.05) is 30.6 Å². The topological polar surface area (TPSA) is 80.0 Å². The number of carbonyl (C=O) groups excluding carboxylic acids is 1. The molecule has 1 atom stereocenters. The number of rotatable bonds is 7. The van der Waals surface area contributed by atoms with E-state index in [1.807, 2.05) is 27.8 Å². The van der Waals surface area contributed by atoms with Crippen LogP contribution in [-0.2, 0) is 11.2 Å².